The Hall–Kier alpha value is -2.80. The summed E-state index contributed by atoms with van der Waals surface area (Å²) < 4.78 is 4.56. The lowest BCUT2D eigenvalue weighted by molar-refractivity contribution is -0.130. The number of nitrogens with one attached hydrogen (secondary N) is 1. The molecule has 0 radical (unpaired) electrons. The van der Waals surface area contributed by atoms with Crippen LogP contribution in [0.4, 0.5) is 5.69 Å². The maximum atomic E-state index is 12.8. The number of carbonyl (C=O) groups is 2. The van der Waals surface area contributed by atoms with Gasteiger partial charge in [0.15, 0.2) is 0 Å². The van der Waals surface area contributed by atoms with Crippen molar-refractivity contribution >= 4 is 53.1 Å². The maximum absolute atomic E-state index is 12.8. The molecule has 1 aromatic heterocycles. The van der Waals surface area contributed by atoms with Crippen LogP contribution >= 0.6 is 20.7 Å². The Balaban J connectivity index is 1.37. The first-order chi connectivity index (χ1) is 15.0. The second-order valence-corrected chi connectivity index (χ2v) is 10.4. The zero-order valence-corrected chi connectivity index (χ0v) is 19.7. The van der Waals surface area contributed by atoms with E-state index in [1.54, 1.807) is 11.0 Å². The summed E-state index contributed by atoms with van der Waals surface area (Å²) in [5.74, 6) is -0.188. The van der Waals surface area contributed by atoms with Crippen LogP contribution in [0.15, 0.2) is 45.7 Å². The Labute approximate surface area is 191 Å². The molecule has 2 aromatic rings. The highest BCUT2D eigenvalue weighted by atomic mass is 127. The van der Waals surface area contributed by atoms with Gasteiger partial charge in [-0.05, 0) is 55.0 Å². The fourth-order valence-corrected chi connectivity index (χ4v) is 5.75. The van der Waals surface area contributed by atoms with E-state index >= 15 is 0 Å². The molecule has 2 amide bonds. The molecule has 0 saturated carbocycles. The quantitative estimate of drug-likeness (QED) is 0.609. The molecule has 1 N–H and O–H groups in total. The van der Waals surface area contributed by atoms with Gasteiger partial charge in [-0.1, -0.05) is 26.8 Å². The third-order valence-corrected chi connectivity index (χ3v) is 7.96. The normalized spacial score (nSPS) is 17.0. The van der Waals surface area contributed by atoms with Crippen molar-refractivity contribution in [2.24, 2.45) is 5.92 Å². The van der Waals surface area contributed by atoms with Gasteiger partial charge in [-0.2, -0.15) is 10.4 Å². The molecule has 1 saturated heterocycles. The van der Waals surface area contributed by atoms with Crippen LogP contribution in [-0.4, -0.2) is 43.6 Å². The van der Waals surface area contributed by atoms with E-state index in [2.05, 4.69) is 30.3 Å². The number of hydrogen-bond donors (Lipinski definition) is 1. The van der Waals surface area contributed by atoms with Gasteiger partial charge >= 0.3 is 0 Å². The zero-order valence-electron chi connectivity index (χ0n) is 17.5. The monoisotopic (exact) mass is 529 g/mol. The van der Waals surface area contributed by atoms with Crippen molar-refractivity contribution in [3.63, 3.8) is 0 Å². The zero-order chi connectivity index (χ0) is 22.0. The summed E-state index contributed by atoms with van der Waals surface area (Å²) in [6, 6.07) is 8.16. The van der Waals surface area contributed by atoms with Gasteiger partial charge in [0.25, 0.3) is 5.91 Å². The standard InChI is InChI=1S/C23H24IN5O2/c1-15(2)29-14-18-12-19(5-6-20(18)27-29)26-22(30)16-7-10-28(11-8-16)23(31)21-17(13-25)4-3-9-24-21/h3-6,9,12,14-16H,7-8,10-11H2,1-2H3,(H,26,30). The van der Waals surface area contributed by atoms with Crippen molar-refractivity contribution in [1.82, 2.24) is 14.7 Å². The number of nitriles is 1. The summed E-state index contributed by atoms with van der Waals surface area (Å²) in [4.78, 5) is 27.4. The van der Waals surface area contributed by atoms with Crippen LogP contribution < -0.4 is 5.32 Å². The molecule has 0 aliphatic carbocycles. The van der Waals surface area contributed by atoms with Gasteiger partial charge in [-0.25, -0.2) is 0 Å². The lowest BCUT2D eigenvalue weighted by Crippen LogP contribution is -2.41. The molecule has 0 spiro atoms. The first-order valence-electron chi connectivity index (χ1n) is 10.3. The van der Waals surface area contributed by atoms with Gasteiger partial charge in [0.2, 0.25) is 5.91 Å². The average Bonchev–Trinajstić information content (AvgIpc) is 3.22. The molecule has 1 aromatic carbocycles. The van der Waals surface area contributed by atoms with E-state index in [9.17, 15) is 14.9 Å². The predicted molar refractivity (Wildman–Crippen MR) is 130 cm³/mol. The molecule has 8 heteroatoms. The highest BCUT2D eigenvalue weighted by molar-refractivity contribution is 14.2. The van der Waals surface area contributed by atoms with Gasteiger partial charge in [-0.15, -0.1) is 0 Å². The average molecular weight is 529 g/mol. The number of amides is 2. The van der Waals surface area contributed by atoms with Crippen LogP contribution in [0.2, 0.25) is 0 Å². The van der Waals surface area contributed by atoms with E-state index in [4.69, 9.17) is 0 Å². The summed E-state index contributed by atoms with van der Waals surface area (Å²) in [7, 11) is 0. The van der Waals surface area contributed by atoms with E-state index in [1.165, 1.54) is 0 Å². The SMILES string of the molecule is CC(C)n1cc2cc(NC(=O)C3CCN(C(=O)C4=C(C#N)C=CC=I4)CC3)ccc2n1. The van der Waals surface area contributed by atoms with E-state index in [1.807, 2.05) is 39.2 Å². The fraction of sp³-hybridized carbons (Fsp3) is 0.348. The molecule has 0 bridgehead atoms. The Kier molecular flexibility index (Phi) is 6.32. The van der Waals surface area contributed by atoms with E-state index < -0.39 is 20.7 Å². The van der Waals surface area contributed by atoms with Crippen LogP contribution in [0.1, 0.15) is 32.7 Å². The lowest BCUT2D eigenvalue weighted by atomic mass is 9.95. The number of fused-ring (bicyclic) bond motifs is 1. The lowest BCUT2D eigenvalue weighted by Gasteiger charge is -2.31. The number of allylic oxidation sites excluding steroid dienone is 3. The molecule has 2 aliphatic rings. The minimum Gasteiger partial charge on any atom is -0.338 e. The summed E-state index contributed by atoms with van der Waals surface area (Å²) in [5.41, 5.74) is 2.15. The first-order valence-corrected chi connectivity index (χ1v) is 12.7. The molecule has 0 atom stereocenters. The van der Waals surface area contributed by atoms with Crippen molar-refractivity contribution in [2.45, 2.75) is 32.7 Å². The molecule has 3 heterocycles. The molecular weight excluding hydrogens is 505 g/mol. The van der Waals surface area contributed by atoms with E-state index in [-0.39, 0.29) is 23.8 Å². The first kappa shape index (κ1) is 21.4. The molecule has 31 heavy (non-hydrogen) atoms. The Morgan fingerprint density at radius 3 is 2.77 bits per heavy atom. The number of piperidine rings is 1. The number of hydrogen-bond acceptors (Lipinski definition) is 4. The molecule has 4 rings (SSSR count). The highest BCUT2D eigenvalue weighted by Crippen LogP contribution is 2.28. The van der Waals surface area contributed by atoms with Crippen LogP contribution in [0.5, 0.6) is 0 Å². The van der Waals surface area contributed by atoms with Crippen LogP contribution in [0.3, 0.4) is 0 Å². The van der Waals surface area contributed by atoms with E-state index in [0.717, 1.165) is 16.6 Å². The van der Waals surface area contributed by atoms with Gasteiger partial charge in [0, 0.05) is 42.3 Å². The molecule has 1 fully saturated rings. The van der Waals surface area contributed by atoms with Gasteiger partial charge in [0.05, 0.1) is 14.7 Å². The fourth-order valence-electron chi connectivity index (χ4n) is 3.73. The number of likely N-dealkylation sites (tertiary alicyclic amines) is 1. The van der Waals surface area contributed by atoms with Crippen molar-refractivity contribution in [3.8, 4) is 6.07 Å². The number of halogens is 1. The van der Waals surface area contributed by atoms with Crippen LogP contribution in [-0.2, 0) is 9.59 Å². The summed E-state index contributed by atoms with van der Waals surface area (Å²) in [6.45, 7) is 5.22. The third-order valence-electron chi connectivity index (χ3n) is 5.52. The van der Waals surface area contributed by atoms with Crippen molar-refractivity contribution in [1.29, 1.82) is 5.26 Å². The smallest absolute Gasteiger partial charge is 0.260 e. The predicted octanol–water partition coefficient (Wildman–Crippen LogP) is 3.91. The van der Waals surface area contributed by atoms with Crippen molar-refractivity contribution in [3.05, 3.63) is 45.7 Å². The molecule has 7 nitrogen and oxygen atoms in total. The second kappa shape index (κ2) is 9.14. The molecule has 160 valence electrons. The largest absolute Gasteiger partial charge is 0.338 e. The number of anilines is 1. The topological polar surface area (TPSA) is 91.0 Å². The number of nitrogens with zero attached hydrogens (tertiary/aromatic N) is 4. The van der Waals surface area contributed by atoms with Crippen molar-refractivity contribution in [2.75, 3.05) is 18.4 Å². The maximum Gasteiger partial charge on any atom is 0.260 e. The Morgan fingerprint density at radius 1 is 1.29 bits per heavy atom. The van der Waals surface area contributed by atoms with Crippen molar-refractivity contribution < 1.29 is 9.59 Å². The van der Waals surface area contributed by atoms with Crippen LogP contribution in [0, 0.1) is 17.2 Å². The Morgan fingerprint density at radius 2 is 2.06 bits per heavy atom. The second-order valence-electron chi connectivity index (χ2n) is 7.97. The van der Waals surface area contributed by atoms with Gasteiger partial charge in [0.1, 0.15) is 6.07 Å². The minimum absolute atomic E-state index is 0.0130. The number of rotatable bonds is 4. The summed E-state index contributed by atoms with van der Waals surface area (Å²) >= 11 is -0.573. The Bertz CT molecular complexity index is 1160. The summed E-state index contributed by atoms with van der Waals surface area (Å²) in [5, 5.41) is 17.8. The highest BCUT2D eigenvalue weighted by Gasteiger charge is 2.29. The molecule has 2 aliphatic heterocycles. The number of benzene rings is 1. The molecule has 0 unspecified atom stereocenters. The minimum atomic E-state index is -0.573. The summed E-state index contributed by atoms with van der Waals surface area (Å²) in [6.07, 6.45) is 6.80. The van der Waals surface area contributed by atoms with Gasteiger partial charge < -0.3 is 10.2 Å². The van der Waals surface area contributed by atoms with Gasteiger partial charge in [-0.3, -0.25) is 14.3 Å². The number of aromatic nitrogens is 2. The third kappa shape index (κ3) is 4.61. The molecular formula is C23H24IN5O2. The van der Waals surface area contributed by atoms with Crippen LogP contribution in [0.25, 0.3) is 10.9 Å². The van der Waals surface area contributed by atoms with E-state index in [0.29, 0.717) is 35.1 Å². The number of carbonyl (C=O) groups excluding carboxylic acids is 2.